The summed E-state index contributed by atoms with van der Waals surface area (Å²) in [4.78, 5) is 37.7. The number of esters is 3. The van der Waals surface area contributed by atoms with Crippen molar-refractivity contribution in [3.8, 4) is 0 Å². The minimum Gasteiger partial charge on any atom is -0.462 e. The topological polar surface area (TPSA) is 78.9 Å². The first-order chi connectivity index (χ1) is 28.0. The van der Waals surface area contributed by atoms with E-state index in [9.17, 15) is 14.4 Å². The number of allylic oxidation sites excluding steroid dienone is 4. The standard InChI is InChI=1S/C51H94O6/c1-4-7-10-13-16-18-20-22-23-24-25-26-27-29-30-32-35-38-41-44-50(53)56-47-48(46-55-49(52)43-40-37-34-15-12-9-6-3)57-51(54)45-42-39-36-33-31-28-21-19-17-14-11-8-5-2/h16,18,22-23,48H,4-15,17,19-21,24-47H2,1-3H3/b18-16-,23-22-. The van der Waals surface area contributed by atoms with E-state index in [-0.39, 0.29) is 31.1 Å². The van der Waals surface area contributed by atoms with E-state index in [1.165, 1.54) is 161 Å². The number of hydrogen-bond acceptors (Lipinski definition) is 6. The van der Waals surface area contributed by atoms with Crippen molar-refractivity contribution < 1.29 is 28.6 Å². The summed E-state index contributed by atoms with van der Waals surface area (Å²) in [6.07, 6.45) is 51.7. The molecule has 0 bridgehead atoms. The van der Waals surface area contributed by atoms with Gasteiger partial charge in [0.05, 0.1) is 0 Å². The molecule has 0 aliphatic heterocycles. The number of carbonyl (C=O) groups excluding carboxylic acids is 3. The zero-order chi connectivity index (χ0) is 41.5. The summed E-state index contributed by atoms with van der Waals surface area (Å²) in [5, 5.41) is 0. The molecule has 0 N–H and O–H groups in total. The van der Waals surface area contributed by atoms with Gasteiger partial charge < -0.3 is 14.2 Å². The predicted molar refractivity (Wildman–Crippen MR) is 243 cm³/mol. The Morgan fingerprint density at radius 3 is 1.00 bits per heavy atom. The van der Waals surface area contributed by atoms with Crippen molar-refractivity contribution in [3.63, 3.8) is 0 Å². The van der Waals surface area contributed by atoms with Crippen molar-refractivity contribution in [1.29, 1.82) is 0 Å². The highest BCUT2D eigenvalue weighted by Gasteiger charge is 2.19. The van der Waals surface area contributed by atoms with Gasteiger partial charge in [0.2, 0.25) is 0 Å². The zero-order valence-electron chi connectivity index (χ0n) is 38.1. The summed E-state index contributed by atoms with van der Waals surface area (Å²) in [7, 11) is 0. The van der Waals surface area contributed by atoms with Crippen LogP contribution >= 0.6 is 0 Å². The van der Waals surface area contributed by atoms with Crippen LogP contribution in [0, 0.1) is 0 Å². The maximum Gasteiger partial charge on any atom is 0.306 e. The van der Waals surface area contributed by atoms with Crippen LogP contribution in [-0.2, 0) is 28.6 Å². The highest BCUT2D eigenvalue weighted by Crippen LogP contribution is 2.15. The third-order valence-electron chi connectivity index (χ3n) is 11.0. The molecule has 0 spiro atoms. The van der Waals surface area contributed by atoms with Crippen LogP contribution in [-0.4, -0.2) is 37.2 Å². The second-order valence-electron chi connectivity index (χ2n) is 16.7. The van der Waals surface area contributed by atoms with Crippen molar-refractivity contribution in [1.82, 2.24) is 0 Å². The summed E-state index contributed by atoms with van der Waals surface area (Å²) >= 11 is 0. The zero-order valence-corrected chi connectivity index (χ0v) is 38.1. The van der Waals surface area contributed by atoms with E-state index >= 15 is 0 Å². The molecule has 6 heteroatoms. The maximum absolute atomic E-state index is 12.7. The predicted octanol–water partition coefficient (Wildman–Crippen LogP) is 16.0. The molecule has 0 saturated carbocycles. The van der Waals surface area contributed by atoms with Crippen LogP contribution in [0.1, 0.15) is 265 Å². The average Bonchev–Trinajstić information content (AvgIpc) is 3.21. The Kier molecular flexibility index (Phi) is 44.9. The smallest absolute Gasteiger partial charge is 0.306 e. The SMILES string of the molecule is CCCCC/C=C\C/C=C\CCCCCCCCCCCC(=O)OCC(COC(=O)CCCCCCCCC)OC(=O)CCCCCCCCCCCCCCC. The number of rotatable bonds is 45. The Labute approximate surface area is 353 Å². The lowest BCUT2D eigenvalue weighted by Gasteiger charge is -2.18. The largest absolute Gasteiger partial charge is 0.462 e. The van der Waals surface area contributed by atoms with Crippen LogP contribution in [0.15, 0.2) is 24.3 Å². The highest BCUT2D eigenvalue weighted by atomic mass is 16.6. The second-order valence-corrected chi connectivity index (χ2v) is 16.7. The van der Waals surface area contributed by atoms with E-state index < -0.39 is 6.10 Å². The molecule has 57 heavy (non-hydrogen) atoms. The molecule has 0 fully saturated rings. The van der Waals surface area contributed by atoms with Gasteiger partial charge >= 0.3 is 17.9 Å². The highest BCUT2D eigenvalue weighted by molar-refractivity contribution is 5.71. The average molecular weight is 803 g/mol. The van der Waals surface area contributed by atoms with Gasteiger partial charge in [-0.15, -0.1) is 0 Å². The maximum atomic E-state index is 12.7. The molecule has 0 heterocycles. The number of unbranched alkanes of at least 4 members (excludes halogenated alkanes) is 30. The molecular weight excluding hydrogens is 709 g/mol. The monoisotopic (exact) mass is 803 g/mol. The van der Waals surface area contributed by atoms with Crippen molar-refractivity contribution in [3.05, 3.63) is 24.3 Å². The lowest BCUT2D eigenvalue weighted by Crippen LogP contribution is -2.30. The van der Waals surface area contributed by atoms with Gasteiger partial charge in [-0.05, 0) is 51.4 Å². The summed E-state index contributed by atoms with van der Waals surface area (Å²) < 4.78 is 16.7. The fraction of sp³-hybridized carbons (Fsp3) is 0.863. The van der Waals surface area contributed by atoms with E-state index in [0.29, 0.717) is 19.3 Å². The first-order valence-electron chi connectivity index (χ1n) is 24.8. The van der Waals surface area contributed by atoms with Gasteiger partial charge in [0, 0.05) is 19.3 Å². The summed E-state index contributed by atoms with van der Waals surface area (Å²) in [5.74, 6) is -0.869. The molecule has 1 atom stereocenters. The summed E-state index contributed by atoms with van der Waals surface area (Å²) in [6.45, 7) is 6.58. The Morgan fingerprint density at radius 2 is 0.632 bits per heavy atom. The molecular formula is C51H94O6. The Morgan fingerprint density at radius 1 is 0.351 bits per heavy atom. The Hall–Kier alpha value is -2.11. The van der Waals surface area contributed by atoms with Crippen molar-refractivity contribution in [2.45, 2.75) is 271 Å². The number of ether oxygens (including phenoxy) is 3. The van der Waals surface area contributed by atoms with E-state index in [4.69, 9.17) is 14.2 Å². The molecule has 6 nitrogen and oxygen atoms in total. The van der Waals surface area contributed by atoms with E-state index in [0.717, 1.165) is 64.2 Å². The lowest BCUT2D eigenvalue weighted by molar-refractivity contribution is -0.167. The fourth-order valence-corrected chi connectivity index (χ4v) is 7.18. The van der Waals surface area contributed by atoms with Crippen LogP contribution in [0.3, 0.4) is 0 Å². The minimum atomic E-state index is -0.764. The van der Waals surface area contributed by atoms with Crippen LogP contribution in [0.5, 0.6) is 0 Å². The molecule has 0 aliphatic rings. The molecule has 0 aromatic rings. The summed E-state index contributed by atoms with van der Waals surface area (Å²) in [6, 6.07) is 0. The molecule has 0 saturated heterocycles. The molecule has 0 rings (SSSR count). The lowest BCUT2D eigenvalue weighted by atomic mass is 10.0. The van der Waals surface area contributed by atoms with Crippen molar-refractivity contribution >= 4 is 17.9 Å². The third kappa shape index (κ3) is 44.8. The van der Waals surface area contributed by atoms with Crippen molar-refractivity contribution in [2.24, 2.45) is 0 Å². The van der Waals surface area contributed by atoms with E-state index in [1.807, 2.05) is 0 Å². The molecule has 1 unspecified atom stereocenters. The van der Waals surface area contributed by atoms with Gasteiger partial charge in [-0.3, -0.25) is 14.4 Å². The Balaban J connectivity index is 4.22. The van der Waals surface area contributed by atoms with Gasteiger partial charge in [-0.25, -0.2) is 0 Å². The van der Waals surface area contributed by atoms with Gasteiger partial charge in [0.15, 0.2) is 6.10 Å². The molecule has 0 radical (unpaired) electrons. The molecule has 0 amide bonds. The third-order valence-corrected chi connectivity index (χ3v) is 11.0. The fourth-order valence-electron chi connectivity index (χ4n) is 7.18. The summed E-state index contributed by atoms with van der Waals surface area (Å²) in [5.41, 5.74) is 0. The second kappa shape index (κ2) is 46.6. The van der Waals surface area contributed by atoms with Gasteiger partial charge in [-0.1, -0.05) is 218 Å². The molecule has 0 aromatic carbocycles. The Bertz CT molecular complexity index is 927. The van der Waals surface area contributed by atoms with Crippen LogP contribution in [0.25, 0.3) is 0 Å². The minimum absolute atomic E-state index is 0.0689. The molecule has 0 aliphatic carbocycles. The van der Waals surface area contributed by atoms with Crippen LogP contribution in [0.4, 0.5) is 0 Å². The molecule has 334 valence electrons. The first-order valence-corrected chi connectivity index (χ1v) is 24.8. The van der Waals surface area contributed by atoms with Gasteiger partial charge in [-0.2, -0.15) is 0 Å². The first kappa shape index (κ1) is 54.9. The number of hydrogen-bond donors (Lipinski definition) is 0. The van der Waals surface area contributed by atoms with Gasteiger partial charge in [0.25, 0.3) is 0 Å². The normalized spacial score (nSPS) is 12.1. The van der Waals surface area contributed by atoms with Crippen LogP contribution < -0.4 is 0 Å². The van der Waals surface area contributed by atoms with E-state index in [2.05, 4.69) is 45.1 Å². The quantitative estimate of drug-likeness (QED) is 0.0264. The molecule has 0 aromatic heterocycles. The number of carbonyl (C=O) groups is 3. The van der Waals surface area contributed by atoms with Crippen LogP contribution in [0.2, 0.25) is 0 Å². The van der Waals surface area contributed by atoms with E-state index in [1.54, 1.807) is 0 Å². The van der Waals surface area contributed by atoms with Gasteiger partial charge in [0.1, 0.15) is 13.2 Å². The van der Waals surface area contributed by atoms with Crippen molar-refractivity contribution in [2.75, 3.05) is 13.2 Å².